The van der Waals surface area contributed by atoms with Crippen molar-refractivity contribution in [3.8, 4) is 11.1 Å². The van der Waals surface area contributed by atoms with Crippen LogP contribution in [-0.4, -0.2) is 28.2 Å². The fourth-order valence-electron chi connectivity index (χ4n) is 4.33. The zero-order valence-electron chi connectivity index (χ0n) is 18.8. The average molecular weight is 527 g/mol. The van der Waals surface area contributed by atoms with Crippen LogP contribution in [0.5, 0.6) is 0 Å². The van der Waals surface area contributed by atoms with Crippen LogP contribution in [0.25, 0.3) is 22.0 Å². The Labute approximate surface area is 210 Å². The lowest BCUT2D eigenvalue weighted by Crippen LogP contribution is -2.26. The molecular weight excluding hydrogens is 504 g/mol. The summed E-state index contributed by atoms with van der Waals surface area (Å²) in [7, 11) is 0. The summed E-state index contributed by atoms with van der Waals surface area (Å²) >= 11 is 3.57. The lowest BCUT2D eigenvalue weighted by atomic mass is 9.96. The molecule has 35 heavy (non-hydrogen) atoms. The number of para-hydroxylation sites is 1. The minimum Gasteiger partial charge on any atom is -0.385 e. The van der Waals surface area contributed by atoms with E-state index in [9.17, 15) is 9.59 Å². The summed E-state index contributed by atoms with van der Waals surface area (Å²) < 4.78 is 0.758. The Kier molecular flexibility index (Phi) is 6.25. The number of amides is 1. The number of carbonyl (C=O) groups is 2. The van der Waals surface area contributed by atoms with E-state index >= 15 is 0 Å². The van der Waals surface area contributed by atoms with Crippen LogP contribution in [-0.2, 0) is 6.42 Å². The number of anilines is 1. The van der Waals surface area contributed by atoms with E-state index in [0.717, 1.165) is 20.9 Å². The van der Waals surface area contributed by atoms with Crippen LogP contribution in [0.1, 0.15) is 32.0 Å². The van der Waals surface area contributed by atoms with Crippen molar-refractivity contribution in [3.63, 3.8) is 0 Å². The van der Waals surface area contributed by atoms with Crippen LogP contribution in [0.3, 0.4) is 0 Å². The largest absolute Gasteiger partial charge is 0.385 e. The molecule has 5 aromatic rings. The number of hydrogen-bond acceptors (Lipinski definition) is 3. The molecule has 0 spiro atoms. The molecule has 7 heteroatoms. The van der Waals surface area contributed by atoms with E-state index in [0.29, 0.717) is 29.7 Å². The lowest BCUT2D eigenvalue weighted by molar-refractivity contribution is 0.0955. The molecule has 6 nitrogen and oxygen atoms in total. The predicted octanol–water partition coefficient (Wildman–Crippen LogP) is 5.71. The van der Waals surface area contributed by atoms with Crippen molar-refractivity contribution in [1.29, 1.82) is 0 Å². The number of rotatable bonds is 7. The quantitative estimate of drug-likeness (QED) is 0.204. The van der Waals surface area contributed by atoms with Crippen molar-refractivity contribution >= 4 is 44.3 Å². The molecule has 2 heterocycles. The van der Waals surface area contributed by atoms with E-state index < -0.39 is 0 Å². The molecule has 0 atom stereocenters. The Morgan fingerprint density at radius 1 is 0.914 bits per heavy atom. The number of benzene rings is 3. The molecule has 0 aliphatic carbocycles. The first-order valence-electron chi connectivity index (χ1n) is 11.2. The first kappa shape index (κ1) is 22.7. The fraction of sp³-hybridized carbons (Fsp3) is 0.0714. The van der Waals surface area contributed by atoms with E-state index in [1.54, 1.807) is 24.3 Å². The van der Waals surface area contributed by atoms with Gasteiger partial charge in [-0.2, -0.15) is 0 Å². The molecule has 0 saturated carbocycles. The third kappa shape index (κ3) is 4.38. The highest BCUT2D eigenvalue weighted by atomic mass is 79.9. The average Bonchev–Trinajstić information content (AvgIpc) is 3.45. The summed E-state index contributed by atoms with van der Waals surface area (Å²) in [5.74, 6) is -0.419. The second-order valence-corrected chi connectivity index (χ2v) is 9.06. The van der Waals surface area contributed by atoms with Gasteiger partial charge in [-0.3, -0.25) is 9.59 Å². The maximum atomic E-state index is 13.4. The highest BCUT2D eigenvalue weighted by molar-refractivity contribution is 9.10. The van der Waals surface area contributed by atoms with Gasteiger partial charge in [0.25, 0.3) is 5.91 Å². The Bertz CT molecular complexity index is 1540. The Morgan fingerprint density at radius 3 is 2.43 bits per heavy atom. The van der Waals surface area contributed by atoms with Crippen LogP contribution < -0.4 is 11.1 Å². The molecule has 5 rings (SSSR count). The fourth-order valence-corrected chi connectivity index (χ4v) is 4.81. The van der Waals surface area contributed by atoms with Gasteiger partial charge in [-0.05, 0) is 29.7 Å². The maximum absolute atomic E-state index is 13.4. The molecule has 5 N–H and O–H groups in total. The van der Waals surface area contributed by atoms with E-state index in [4.69, 9.17) is 5.73 Å². The van der Waals surface area contributed by atoms with Crippen molar-refractivity contribution in [2.24, 2.45) is 0 Å². The smallest absolute Gasteiger partial charge is 0.255 e. The maximum Gasteiger partial charge on any atom is 0.255 e. The standard InChI is InChI=1S/C28H23BrN4O2/c29-21-12-6-4-11-20(21)23-24(27(30)33-25(23)26(34)17-8-2-1-3-9-17)28(35)31-15-14-18-16-32-22-13-7-5-10-19(18)22/h1-13,16,32-33H,14-15,30H2,(H,31,35). The number of nitrogen functional groups attached to an aromatic ring is 1. The minimum atomic E-state index is -0.337. The van der Waals surface area contributed by atoms with Gasteiger partial charge in [-0.25, -0.2) is 0 Å². The lowest BCUT2D eigenvalue weighted by Gasteiger charge is -2.11. The molecule has 1 amide bonds. The second-order valence-electron chi connectivity index (χ2n) is 8.20. The molecule has 0 unspecified atom stereocenters. The zero-order chi connectivity index (χ0) is 24.4. The van der Waals surface area contributed by atoms with Gasteiger partial charge in [0.15, 0.2) is 0 Å². The van der Waals surface area contributed by atoms with Crippen molar-refractivity contribution in [2.45, 2.75) is 6.42 Å². The Morgan fingerprint density at radius 2 is 1.63 bits per heavy atom. The molecule has 3 aromatic carbocycles. The number of hydrogen-bond donors (Lipinski definition) is 4. The number of nitrogens with two attached hydrogens (primary N) is 1. The van der Waals surface area contributed by atoms with Gasteiger partial charge < -0.3 is 21.0 Å². The zero-order valence-corrected chi connectivity index (χ0v) is 20.4. The normalized spacial score (nSPS) is 11.0. The van der Waals surface area contributed by atoms with E-state index in [1.165, 1.54) is 0 Å². The third-order valence-corrected chi connectivity index (χ3v) is 6.71. The summed E-state index contributed by atoms with van der Waals surface area (Å²) in [6.07, 6.45) is 2.62. The summed E-state index contributed by atoms with van der Waals surface area (Å²) in [6, 6.07) is 24.5. The molecule has 0 aliphatic heterocycles. The van der Waals surface area contributed by atoms with Crippen molar-refractivity contribution in [3.05, 3.63) is 112 Å². The SMILES string of the molecule is Nc1[nH]c(C(=O)c2ccccc2)c(-c2ccccc2Br)c1C(=O)NCCc1c[nH]c2ccccc12. The predicted molar refractivity (Wildman–Crippen MR) is 143 cm³/mol. The Balaban J connectivity index is 1.48. The molecular formula is C28H23BrN4O2. The summed E-state index contributed by atoms with van der Waals surface area (Å²) in [5, 5.41) is 4.12. The number of aromatic nitrogens is 2. The van der Waals surface area contributed by atoms with Gasteiger partial charge in [-0.15, -0.1) is 0 Å². The summed E-state index contributed by atoms with van der Waals surface area (Å²) in [4.78, 5) is 33.0. The Hall–Kier alpha value is -4.10. The van der Waals surface area contributed by atoms with Crippen molar-refractivity contribution in [1.82, 2.24) is 15.3 Å². The highest BCUT2D eigenvalue weighted by Crippen LogP contribution is 2.37. The number of ketones is 1. The molecule has 0 aliphatic rings. The van der Waals surface area contributed by atoms with E-state index in [1.807, 2.05) is 54.7 Å². The number of aromatic amines is 2. The van der Waals surface area contributed by atoms with Crippen LogP contribution >= 0.6 is 15.9 Å². The first-order chi connectivity index (χ1) is 17.0. The number of nitrogens with one attached hydrogen (secondary N) is 3. The molecule has 2 aromatic heterocycles. The van der Waals surface area contributed by atoms with Gasteiger partial charge in [-0.1, -0.05) is 82.7 Å². The number of H-pyrrole nitrogens is 2. The van der Waals surface area contributed by atoms with Gasteiger partial charge >= 0.3 is 0 Å². The topological polar surface area (TPSA) is 104 Å². The summed E-state index contributed by atoms with van der Waals surface area (Å²) in [6.45, 7) is 0.419. The van der Waals surface area contributed by atoms with Crippen LogP contribution in [0.2, 0.25) is 0 Å². The third-order valence-electron chi connectivity index (χ3n) is 6.02. The highest BCUT2D eigenvalue weighted by Gasteiger charge is 2.28. The minimum absolute atomic E-state index is 0.152. The van der Waals surface area contributed by atoms with Gasteiger partial charge in [0, 0.05) is 39.2 Å². The van der Waals surface area contributed by atoms with Crippen LogP contribution in [0.15, 0.2) is 89.5 Å². The number of fused-ring (bicyclic) bond motifs is 1. The van der Waals surface area contributed by atoms with Crippen LogP contribution in [0.4, 0.5) is 5.82 Å². The van der Waals surface area contributed by atoms with E-state index in [-0.39, 0.29) is 28.8 Å². The van der Waals surface area contributed by atoms with Crippen molar-refractivity contribution < 1.29 is 9.59 Å². The first-order valence-corrected chi connectivity index (χ1v) is 12.0. The van der Waals surface area contributed by atoms with Gasteiger partial charge in [0.05, 0.1) is 11.3 Å². The molecule has 0 fully saturated rings. The molecule has 174 valence electrons. The van der Waals surface area contributed by atoms with Gasteiger partial charge in [0.1, 0.15) is 5.82 Å². The number of carbonyl (C=O) groups excluding carboxylic acids is 2. The molecule has 0 radical (unpaired) electrons. The molecule has 0 saturated heterocycles. The van der Waals surface area contributed by atoms with E-state index in [2.05, 4.69) is 37.3 Å². The van der Waals surface area contributed by atoms with Crippen LogP contribution in [0, 0.1) is 0 Å². The van der Waals surface area contributed by atoms with Crippen molar-refractivity contribution in [2.75, 3.05) is 12.3 Å². The monoisotopic (exact) mass is 526 g/mol. The number of halogens is 1. The molecule has 0 bridgehead atoms. The van der Waals surface area contributed by atoms with Gasteiger partial charge in [0.2, 0.25) is 5.78 Å². The summed E-state index contributed by atoms with van der Waals surface area (Å²) in [5.41, 5.74) is 10.7. The second kappa shape index (κ2) is 9.64.